The summed E-state index contributed by atoms with van der Waals surface area (Å²) in [6.45, 7) is 2.06. The average Bonchev–Trinajstić information content (AvgIpc) is 3.02. The maximum absolute atomic E-state index is 11.1. The lowest BCUT2D eigenvalue weighted by Crippen LogP contribution is -2.38. The van der Waals surface area contributed by atoms with Crippen molar-refractivity contribution in [1.82, 2.24) is 15.1 Å². The number of hydrogen-bond donors (Lipinski definition) is 2. The number of hydrogen-bond acceptors (Lipinski definition) is 7. The molecule has 2 N–H and O–H groups in total. The van der Waals surface area contributed by atoms with Crippen molar-refractivity contribution in [2.45, 2.75) is 19.4 Å². The third kappa shape index (κ3) is 4.07. The van der Waals surface area contributed by atoms with Gasteiger partial charge in [-0.25, -0.2) is 0 Å². The number of aliphatic carboxylic acids is 1. The molecule has 1 aromatic carbocycles. The lowest BCUT2D eigenvalue weighted by atomic mass is 9.98. The Hall–Kier alpha value is -2.50. The fourth-order valence-corrected chi connectivity index (χ4v) is 3.55. The fraction of sp³-hybridized carbons (Fsp3) is 0.375. The van der Waals surface area contributed by atoms with Gasteiger partial charge in [0.05, 0.1) is 24.1 Å². The van der Waals surface area contributed by atoms with Crippen molar-refractivity contribution in [2.75, 3.05) is 18.4 Å². The number of benzene rings is 1. The summed E-state index contributed by atoms with van der Waals surface area (Å²) in [5.41, 5.74) is 1.37. The normalized spacial score (nSPS) is 18.0. The summed E-state index contributed by atoms with van der Waals surface area (Å²) in [6, 6.07) is 9.27. The van der Waals surface area contributed by atoms with Gasteiger partial charge in [0.25, 0.3) is 0 Å². The van der Waals surface area contributed by atoms with Gasteiger partial charge < -0.3 is 10.4 Å². The van der Waals surface area contributed by atoms with Crippen LogP contribution in [0.2, 0.25) is 0 Å². The van der Waals surface area contributed by atoms with Crippen LogP contribution in [0.4, 0.5) is 10.8 Å². The molecule has 3 rings (SSSR count). The molecule has 2 heterocycles. The van der Waals surface area contributed by atoms with Gasteiger partial charge in [-0.1, -0.05) is 17.4 Å². The Morgan fingerprint density at radius 3 is 3.17 bits per heavy atom. The first-order valence-corrected chi connectivity index (χ1v) is 8.50. The first-order valence-electron chi connectivity index (χ1n) is 7.69. The Kier molecular flexibility index (Phi) is 5.03. The van der Waals surface area contributed by atoms with Crippen LogP contribution in [0, 0.1) is 17.2 Å². The summed E-state index contributed by atoms with van der Waals surface area (Å²) >= 11 is 1.44. The molecule has 0 amide bonds. The number of rotatable bonds is 5. The Morgan fingerprint density at radius 1 is 1.50 bits per heavy atom. The molecule has 124 valence electrons. The molecule has 1 aliphatic rings. The van der Waals surface area contributed by atoms with Crippen LogP contribution < -0.4 is 5.32 Å². The van der Waals surface area contributed by atoms with E-state index in [0.29, 0.717) is 23.8 Å². The van der Waals surface area contributed by atoms with E-state index in [2.05, 4.69) is 26.5 Å². The van der Waals surface area contributed by atoms with E-state index in [-0.39, 0.29) is 5.92 Å². The second kappa shape index (κ2) is 7.38. The van der Waals surface area contributed by atoms with Crippen molar-refractivity contribution in [1.29, 1.82) is 5.26 Å². The van der Waals surface area contributed by atoms with Crippen LogP contribution in [0.15, 0.2) is 24.3 Å². The minimum atomic E-state index is -0.725. The van der Waals surface area contributed by atoms with Crippen molar-refractivity contribution in [2.24, 2.45) is 5.92 Å². The van der Waals surface area contributed by atoms with Gasteiger partial charge in [-0.2, -0.15) is 5.26 Å². The predicted molar refractivity (Wildman–Crippen MR) is 90.0 cm³/mol. The lowest BCUT2D eigenvalue weighted by molar-refractivity contribution is -0.143. The molecule has 7 nitrogen and oxygen atoms in total. The van der Waals surface area contributed by atoms with Crippen LogP contribution >= 0.6 is 11.3 Å². The number of nitrogens with one attached hydrogen (secondary N) is 1. The van der Waals surface area contributed by atoms with Crippen molar-refractivity contribution in [3.8, 4) is 6.07 Å². The predicted octanol–water partition coefficient (Wildman–Crippen LogP) is 2.45. The summed E-state index contributed by atoms with van der Waals surface area (Å²) in [6.07, 6.45) is 1.63. The van der Waals surface area contributed by atoms with Crippen molar-refractivity contribution >= 4 is 28.1 Å². The Balaban J connectivity index is 1.61. The molecule has 1 fully saturated rings. The van der Waals surface area contributed by atoms with Crippen LogP contribution in [0.3, 0.4) is 0 Å². The van der Waals surface area contributed by atoms with Gasteiger partial charge in [0.2, 0.25) is 5.13 Å². The molecule has 2 aromatic rings. The van der Waals surface area contributed by atoms with E-state index in [0.717, 1.165) is 30.1 Å². The van der Waals surface area contributed by atoms with E-state index in [1.165, 1.54) is 11.3 Å². The van der Waals surface area contributed by atoms with Crippen LogP contribution in [-0.4, -0.2) is 39.3 Å². The first-order chi connectivity index (χ1) is 11.6. The molecule has 1 aromatic heterocycles. The number of carboxylic acids is 1. The van der Waals surface area contributed by atoms with E-state index in [1.807, 2.05) is 12.1 Å². The van der Waals surface area contributed by atoms with Gasteiger partial charge in [0.1, 0.15) is 5.01 Å². The smallest absolute Gasteiger partial charge is 0.307 e. The second-order valence-corrected chi connectivity index (χ2v) is 6.79. The van der Waals surface area contributed by atoms with Crippen LogP contribution in [0.25, 0.3) is 0 Å². The number of anilines is 2. The van der Waals surface area contributed by atoms with Gasteiger partial charge in [0, 0.05) is 12.2 Å². The summed E-state index contributed by atoms with van der Waals surface area (Å²) < 4.78 is 0. The molecule has 1 saturated heterocycles. The molecule has 0 saturated carbocycles. The van der Waals surface area contributed by atoms with Crippen LogP contribution in [-0.2, 0) is 11.3 Å². The molecule has 1 unspecified atom stereocenters. The summed E-state index contributed by atoms with van der Waals surface area (Å²) in [4.78, 5) is 13.2. The molecular formula is C16H17N5O2S. The highest BCUT2D eigenvalue weighted by atomic mass is 32.1. The molecule has 0 bridgehead atoms. The molecule has 1 aliphatic heterocycles. The SMILES string of the molecule is N#Cc1cccc(Nc2nnc(CN3CCCC(C(=O)O)C3)s2)c1. The number of carboxylic acid groups (broad SMARTS) is 1. The van der Waals surface area contributed by atoms with E-state index in [4.69, 9.17) is 10.4 Å². The van der Waals surface area contributed by atoms with E-state index >= 15 is 0 Å². The van der Waals surface area contributed by atoms with Crippen molar-refractivity contribution < 1.29 is 9.90 Å². The van der Waals surface area contributed by atoms with E-state index < -0.39 is 5.97 Å². The molecule has 0 spiro atoms. The Bertz CT molecular complexity index is 770. The summed E-state index contributed by atoms with van der Waals surface area (Å²) in [5.74, 6) is -1.02. The minimum absolute atomic E-state index is 0.294. The Morgan fingerprint density at radius 2 is 2.38 bits per heavy atom. The van der Waals surface area contributed by atoms with Gasteiger partial charge in [-0.05, 0) is 37.6 Å². The van der Waals surface area contributed by atoms with Gasteiger partial charge in [0.15, 0.2) is 0 Å². The number of nitriles is 1. The first kappa shape index (κ1) is 16.4. The van der Waals surface area contributed by atoms with E-state index in [9.17, 15) is 4.79 Å². The number of carbonyl (C=O) groups is 1. The second-order valence-electron chi connectivity index (χ2n) is 5.73. The monoisotopic (exact) mass is 343 g/mol. The highest BCUT2D eigenvalue weighted by Crippen LogP contribution is 2.24. The average molecular weight is 343 g/mol. The van der Waals surface area contributed by atoms with Crippen LogP contribution in [0.5, 0.6) is 0 Å². The third-order valence-electron chi connectivity index (χ3n) is 3.92. The number of aromatic nitrogens is 2. The molecule has 24 heavy (non-hydrogen) atoms. The van der Waals surface area contributed by atoms with Crippen molar-refractivity contribution in [3.05, 3.63) is 34.8 Å². The van der Waals surface area contributed by atoms with Gasteiger partial charge >= 0.3 is 5.97 Å². The fourth-order valence-electron chi connectivity index (χ4n) is 2.75. The molecule has 0 aliphatic carbocycles. The highest BCUT2D eigenvalue weighted by Gasteiger charge is 2.25. The maximum atomic E-state index is 11.1. The zero-order valence-electron chi connectivity index (χ0n) is 13.0. The zero-order valence-corrected chi connectivity index (χ0v) is 13.8. The topological polar surface area (TPSA) is 102 Å². The summed E-state index contributed by atoms with van der Waals surface area (Å²) in [7, 11) is 0. The van der Waals surface area contributed by atoms with Crippen LogP contribution in [0.1, 0.15) is 23.4 Å². The van der Waals surface area contributed by atoms with Gasteiger partial charge in [-0.3, -0.25) is 9.69 Å². The standard InChI is InChI=1S/C16H17N5O2S/c17-8-11-3-1-5-13(7-11)18-16-20-19-14(24-16)10-21-6-2-4-12(9-21)15(22)23/h1,3,5,7,12H,2,4,6,9-10H2,(H,18,20)(H,22,23). The highest BCUT2D eigenvalue weighted by molar-refractivity contribution is 7.15. The maximum Gasteiger partial charge on any atom is 0.307 e. The molecule has 8 heteroatoms. The molecule has 1 atom stereocenters. The number of nitrogens with zero attached hydrogens (tertiary/aromatic N) is 4. The van der Waals surface area contributed by atoms with E-state index in [1.54, 1.807) is 12.1 Å². The molecule has 0 radical (unpaired) electrons. The van der Waals surface area contributed by atoms with Gasteiger partial charge in [-0.15, -0.1) is 10.2 Å². The Labute approximate surface area is 143 Å². The summed E-state index contributed by atoms with van der Waals surface area (Å²) in [5, 5.41) is 31.0. The largest absolute Gasteiger partial charge is 0.481 e. The number of piperidine rings is 1. The third-order valence-corrected chi connectivity index (χ3v) is 4.75. The lowest BCUT2D eigenvalue weighted by Gasteiger charge is -2.29. The quantitative estimate of drug-likeness (QED) is 0.859. The number of likely N-dealkylation sites (tertiary alicyclic amines) is 1. The molecular weight excluding hydrogens is 326 g/mol. The zero-order chi connectivity index (χ0) is 16.9. The van der Waals surface area contributed by atoms with Crippen molar-refractivity contribution in [3.63, 3.8) is 0 Å². The minimum Gasteiger partial charge on any atom is -0.481 e.